The van der Waals surface area contributed by atoms with E-state index < -0.39 is 5.41 Å². The molecule has 0 saturated heterocycles. The van der Waals surface area contributed by atoms with Crippen LogP contribution < -0.4 is 4.74 Å². The van der Waals surface area contributed by atoms with Crippen LogP contribution >= 0.6 is 23.2 Å². The van der Waals surface area contributed by atoms with Crippen LogP contribution in [-0.4, -0.2) is 18.0 Å². The van der Waals surface area contributed by atoms with E-state index in [0.29, 0.717) is 22.6 Å². The Morgan fingerprint density at radius 3 is 2.29 bits per heavy atom. The number of halogens is 2. The van der Waals surface area contributed by atoms with Gasteiger partial charge in [-0.2, -0.15) is 0 Å². The molecular formula is C23H28Cl2O3. The number of esters is 1. The van der Waals surface area contributed by atoms with E-state index in [9.17, 15) is 4.79 Å². The second-order valence-electron chi connectivity index (χ2n) is 9.80. The van der Waals surface area contributed by atoms with Gasteiger partial charge in [0.1, 0.15) is 11.5 Å². The van der Waals surface area contributed by atoms with Crippen molar-refractivity contribution in [2.45, 2.75) is 57.7 Å². The first-order valence-corrected chi connectivity index (χ1v) is 10.8. The molecule has 3 nitrogen and oxygen atoms in total. The summed E-state index contributed by atoms with van der Waals surface area (Å²) < 4.78 is 11.5. The number of hydrogen-bond donors (Lipinski definition) is 0. The normalized spacial score (nSPS) is 31.1. The number of hydrogen-bond acceptors (Lipinski definition) is 3. The van der Waals surface area contributed by atoms with Gasteiger partial charge in [-0.15, -0.1) is 11.6 Å². The molecule has 1 aromatic carbocycles. The van der Waals surface area contributed by atoms with Crippen molar-refractivity contribution in [2.75, 3.05) is 7.11 Å². The monoisotopic (exact) mass is 422 g/mol. The predicted octanol–water partition coefficient (Wildman–Crippen LogP) is 6.47. The molecule has 0 aliphatic heterocycles. The molecule has 0 N–H and O–H groups in total. The average molecular weight is 423 g/mol. The molecule has 4 aliphatic rings. The van der Waals surface area contributed by atoms with Crippen LogP contribution in [0.5, 0.6) is 5.75 Å². The van der Waals surface area contributed by atoms with Crippen LogP contribution in [0.3, 0.4) is 0 Å². The Morgan fingerprint density at radius 2 is 1.75 bits per heavy atom. The van der Waals surface area contributed by atoms with E-state index in [1.807, 2.05) is 32.9 Å². The lowest BCUT2D eigenvalue weighted by Gasteiger charge is -2.55. The molecule has 4 bridgehead atoms. The standard InChI is InChI=1S/C23H28Cl2O3/c1-22(2,3)21(26)28-18-8-14(7-17(24)9-18)20(27-4)19-15-5-13-6-16(19)12-23(25,10-13)11-15/h7-9,13,15-16H,5-6,10-12H2,1-4H3. The van der Waals surface area contributed by atoms with Crippen molar-refractivity contribution in [2.24, 2.45) is 23.2 Å². The molecule has 0 amide bonds. The van der Waals surface area contributed by atoms with Gasteiger partial charge in [-0.25, -0.2) is 0 Å². The minimum Gasteiger partial charge on any atom is -0.496 e. The Bertz CT molecular complexity index is 819. The summed E-state index contributed by atoms with van der Waals surface area (Å²) in [6.07, 6.45) is 5.59. The number of carbonyl (C=O) groups is 1. The number of alkyl halides is 1. The maximum Gasteiger partial charge on any atom is 0.316 e. The van der Waals surface area contributed by atoms with E-state index in [-0.39, 0.29) is 10.8 Å². The van der Waals surface area contributed by atoms with Gasteiger partial charge in [0.25, 0.3) is 0 Å². The van der Waals surface area contributed by atoms with E-state index >= 15 is 0 Å². The van der Waals surface area contributed by atoms with Crippen molar-refractivity contribution >= 4 is 34.9 Å². The summed E-state index contributed by atoms with van der Waals surface area (Å²) in [7, 11) is 1.71. The molecule has 4 saturated carbocycles. The molecule has 1 aromatic rings. The molecule has 5 heteroatoms. The lowest BCUT2D eigenvalue weighted by molar-refractivity contribution is -0.142. The molecular weight excluding hydrogens is 395 g/mol. The number of methoxy groups -OCH3 is 1. The highest BCUT2D eigenvalue weighted by Gasteiger charge is 2.53. The van der Waals surface area contributed by atoms with E-state index in [2.05, 4.69) is 0 Å². The van der Waals surface area contributed by atoms with Crippen LogP contribution in [0.4, 0.5) is 0 Å². The quantitative estimate of drug-likeness (QED) is 0.242. The molecule has 152 valence electrons. The second kappa shape index (κ2) is 6.95. The Kier molecular flexibility index (Phi) is 4.99. The molecule has 0 spiro atoms. The number of benzene rings is 1. The lowest BCUT2D eigenvalue weighted by Crippen LogP contribution is -2.48. The van der Waals surface area contributed by atoms with Gasteiger partial charge >= 0.3 is 5.97 Å². The third kappa shape index (κ3) is 3.68. The molecule has 28 heavy (non-hydrogen) atoms. The number of carbonyl (C=O) groups excluding carboxylic acids is 1. The predicted molar refractivity (Wildman–Crippen MR) is 113 cm³/mol. The Morgan fingerprint density at radius 1 is 1.11 bits per heavy atom. The van der Waals surface area contributed by atoms with Crippen molar-refractivity contribution in [3.8, 4) is 5.75 Å². The van der Waals surface area contributed by atoms with Crippen LogP contribution in [0.1, 0.15) is 58.4 Å². The van der Waals surface area contributed by atoms with Crippen LogP contribution in [0, 0.1) is 23.2 Å². The van der Waals surface area contributed by atoms with Gasteiger partial charge in [-0.05, 0) is 94.4 Å². The summed E-state index contributed by atoms with van der Waals surface area (Å²) in [4.78, 5) is 12.3. The number of ether oxygens (including phenoxy) is 2. The van der Waals surface area contributed by atoms with Crippen LogP contribution in [0.2, 0.25) is 5.02 Å². The van der Waals surface area contributed by atoms with Crippen LogP contribution in [-0.2, 0) is 9.53 Å². The fourth-order valence-corrected chi connectivity index (χ4v) is 6.29. The fourth-order valence-electron chi connectivity index (χ4n) is 5.48. The van der Waals surface area contributed by atoms with Crippen molar-refractivity contribution in [3.63, 3.8) is 0 Å². The summed E-state index contributed by atoms with van der Waals surface area (Å²) in [5.74, 6) is 2.72. The number of allylic oxidation sites excluding steroid dienone is 1. The zero-order chi connectivity index (χ0) is 20.3. The van der Waals surface area contributed by atoms with E-state index in [1.165, 1.54) is 18.4 Å². The first kappa shape index (κ1) is 20.1. The number of rotatable bonds is 3. The van der Waals surface area contributed by atoms with E-state index in [4.69, 9.17) is 32.7 Å². The Labute approximate surface area is 177 Å². The highest BCUT2D eigenvalue weighted by molar-refractivity contribution is 6.31. The molecule has 2 atom stereocenters. The fraction of sp³-hybridized carbons (Fsp3) is 0.609. The van der Waals surface area contributed by atoms with E-state index in [0.717, 1.165) is 36.5 Å². The maximum atomic E-state index is 12.3. The molecule has 4 fully saturated rings. The Hall–Kier alpha value is -1.19. The largest absolute Gasteiger partial charge is 0.496 e. The highest BCUT2D eigenvalue weighted by Crippen LogP contribution is 2.61. The summed E-state index contributed by atoms with van der Waals surface area (Å²) in [6.45, 7) is 5.50. The zero-order valence-corrected chi connectivity index (χ0v) is 18.5. The lowest BCUT2D eigenvalue weighted by atomic mass is 9.53. The van der Waals surface area contributed by atoms with Crippen molar-refractivity contribution in [3.05, 3.63) is 34.4 Å². The second-order valence-corrected chi connectivity index (χ2v) is 11.0. The topological polar surface area (TPSA) is 35.5 Å². The van der Waals surface area contributed by atoms with Crippen LogP contribution in [0.25, 0.3) is 5.76 Å². The first-order valence-electron chi connectivity index (χ1n) is 10.1. The molecule has 0 heterocycles. The first-order chi connectivity index (χ1) is 13.1. The molecule has 2 unspecified atom stereocenters. The van der Waals surface area contributed by atoms with Gasteiger partial charge in [0.15, 0.2) is 0 Å². The highest BCUT2D eigenvalue weighted by atomic mass is 35.5. The summed E-state index contributed by atoms with van der Waals surface area (Å²) in [6, 6.07) is 5.43. The summed E-state index contributed by atoms with van der Waals surface area (Å²) in [5.41, 5.74) is 1.67. The zero-order valence-electron chi connectivity index (χ0n) is 17.0. The van der Waals surface area contributed by atoms with Crippen molar-refractivity contribution < 1.29 is 14.3 Å². The minimum absolute atomic E-state index is 0.0272. The van der Waals surface area contributed by atoms with Gasteiger partial charge in [0, 0.05) is 15.5 Å². The molecule has 5 rings (SSSR count). The molecule has 0 radical (unpaired) electrons. The molecule has 4 aliphatic carbocycles. The van der Waals surface area contributed by atoms with Crippen molar-refractivity contribution in [1.29, 1.82) is 0 Å². The average Bonchev–Trinajstić information content (AvgIpc) is 2.55. The van der Waals surface area contributed by atoms with E-state index in [1.54, 1.807) is 13.2 Å². The van der Waals surface area contributed by atoms with Crippen LogP contribution in [0.15, 0.2) is 23.8 Å². The summed E-state index contributed by atoms with van der Waals surface area (Å²) >= 11 is 13.3. The van der Waals surface area contributed by atoms with Crippen molar-refractivity contribution in [1.82, 2.24) is 0 Å². The third-order valence-corrected chi connectivity index (χ3v) is 7.10. The van der Waals surface area contributed by atoms with Gasteiger partial charge in [-0.3, -0.25) is 4.79 Å². The Balaban J connectivity index is 1.71. The smallest absolute Gasteiger partial charge is 0.316 e. The minimum atomic E-state index is -0.582. The van der Waals surface area contributed by atoms with Gasteiger partial charge in [0.05, 0.1) is 12.5 Å². The maximum absolute atomic E-state index is 12.3. The van der Waals surface area contributed by atoms with Gasteiger partial charge in [-0.1, -0.05) is 11.6 Å². The van der Waals surface area contributed by atoms with Gasteiger partial charge in [0.2, 0.25) is 0 Å². The van der Waals surface area contributed by atoms with Gasteiger partial charge < -0.3 is 9.47 Å². The SMILES string of the molecule is COC(=C1C2CC3CC1CC(Cl)(C3)C2)c1cc(Cl)cc(OC(=O)C(C)(C)C)c1. The summed E-state index contributed by atoms with van der Waals surface area (Å²) in [5, 5.41) is 0.530. The molecule has 0 aromatic heterocycles. The third-order valence-electron chi connectivity index (χ3n) is 6.42.